The predicted molar refractivity (Wildman–Crippen MR) is 451 cm³/mol. The lowest BCUT2D eigenvalue weighted by Gasteiger charge is -2.28. The van der Waals surface area contributed by atoms with Gasteiger partial charge in [0.05, 0.1) is 5.69 Å². The molecule has 0 amide bonds. The van der Waals surface area contributed by atoms with Crippen molar-refractivity contribution >= 4 is 123 Å². The van der Waals surface area contributed by atoms with Gasteiger partial charge in [0.15, 0.2) is 0 Å². The van der Waals surface area contributed by atoms with Crippen molar-refractivity contribution in [1.82, 2.24) is 0 Å². The number of anilines is 9. The molecule has 17 aromatic rings. The van der Waals surface area contributed by atoms with Crippen LogP contribution in [0.5, 0.6) is 17.2 Å². The lowest BCUT2D eigenvalue weighted by atomic mass is 9.93. The molecule has 0 aromatic heterocycles. The number of hydrogen-bond donors (Lipinski definition) is 0. The first-order chi connectivity index (χ1) is 53.5. The fraction of sp³-hybridized carbons (Fsp3) is 0.0100. The summed E-state index contributed by atoms with van der Waals surface area (Å²) in [5.74, 6) is 0.143. The molecule has 9 nitrogen and oxygen atoms in total. The van der Waals surface area contributed by atoms with Crippen LogP contribution in [-0.2, 0) is 14.4 Å². The molecule has 0 heterocycles. The zero-order chi connectivity index (χ0) is 74.6. The van der Waals surface area contributed by atoms with Crippen LogP contribution in [0.15, 0.2) is 414 Å². The molecule has 17 rings (SSSR count). The summed E-state index contributed by atoms with van der Waals surface area (Å²) >= 11 is 0. The monoisotopic (exact) mass is 1410 g/mol. The molecule has 0 unspecified atom stereocenters. The molecule has 0 saturated heterocycles. The highest BCUT2D eigenvalue weighted by Crippen LogP contribution is 2.45. The average Bonchev–Trinajstić information content (AvgIpc) is 0.731. The number of ether oxygens (including phenoxy) is 3. The van der Waals surface area contributed by atoms with E-state index in [0.29, 0.717) is 22.8 Å². The van der Waals surface area contributed by atoms with Crippen molar-refractivity contribution in [2.75, 3.05) is 14.7 Å². The van der Waals surface area contributed by atoms with E-state index in [4.69, 9.17) is 14.2 Å². The fourth-order valence-corrected chi connectivity index (χ4v) is 13.7. The van der Waals surface area contributed by atoms with Gasteiger partial charge in [-0.25, -0.2) is 14.4 Å². The summed E-state index contributed by atoms with van der Waals surface area (Å²) in [6.45, 7) is 12.1. The highest BCUT2D eigenvalue weighted by Gasteiger charge is 2.21. The van der Waals surface area contributed by atoms with Gasteiger partial charge in [0, 0.05) is 68.6 Å². The van der Waals surface area contributed by atoms with Crippen molar-refractivity contribution < 1.29 is 28.6 Å². The number of rotatable bonds is 18. The van der Waals surface area contributed by atoms with Crippen molar-refractivity contribution in [1.29, 1.82) is 0 Å². The van der Waals surface area contributed by atoms with Gasteiger partial charge in [-0.1, -0.05) is 256 Å². The van der Waals surface area contributed by atoms with Gasteiger partial charge in [0.25, 0.3) is 0 Å². The molecule has 0 fully saturated rings. The average molecular weight is 1410 g/mol. The van der Waals surface area contributed by atoms with Crippen LogP contribution in [0.2, 0.25) is 0 Å². The Hall–Kier alpha value is -14.7. The van der Waals surface area contributed by atoms with Crippen molar-refractivity contribution in [3.05, 3.63) is 414 Å². The summed E-state index contributed by atoms with van der Waals surface area (Å²) in [4.78, 5) is 41.5. The van der Waals surface area contributed by atoms with E-state index in [1.54, 1.807) is 43.3 Å². The Balaban J connectivity index is 0.000000131. The maximum absolute atomic E-state index is 11.7. The topological polar surface area (TPSA) is 88.6 Å². The number of hydrogen-bond acceptors (Lipinski definition) is 9. The van der Waals surface area contributed by atoms with Crippen LogP contribution in [0.1, 0.15) is 6.92 Å². The summed E-state index contributed by atoms with van der Waals surface area (Å²) in [5, 5.41) is 12.4. The van der Waals surface area contributed by atoms with Crippen LogP contribution in [0, 0.1) is 0 Å². The summed E-state index contributed by atoms with van der Waals surface area (Å²) in [7, 11) is 0. The summed E-state index contributed by atoms with van der Waals surface area (Å²) in [6.07, 6.45) is 2.31. The molecule has 109 heavy (non-hydrogen) atoms. The van der Waals surface area contributed by atoms with Crippen molar-refractivity contribution in [3.8, 4) is 50.6 Å². The van der Waals surface area contributed by atoms with E-state index in [2.05, 4.69) is 320 Å². The minimum absolute atomic E-state index is 0.374. The van der Waals surface area contributed by atoms with Gasteiger partial charge in [-0.15, -0.1) is 0 Å². The second-order valence-electron chi connectivity index (χ2n) is 26.2. The molecular weight excluding hydrogens is 1340 g/mol. The summed E-state index contributed by atoms with van der Waals surface area (Å²) in [6, 6.07) is 129. The molecule has 0 bridgehead atoms. The number of fused-ring (bicyclic) bond motifs is 2. The molecule has 9 heteroatoms. The molecule has 17 aromatic carbocycles. The maximum Gasteiger partial charge on any atom is 0.338 e. The molecule has 0 aliphatic carbocycles. The first-order valence-electron chi connectivity index (χ1n) is 35.9. The number of para-hydroxylation sites is 3. The van der Waals surface area contributed by atoms with Crippen molar-refractivity contribution in [2.24, 2.45) is 0 Å². The number of carbonyl (C=O) groups is 3. The van der Waals surface area contributed by atoms with E-state index in [9.17, 15) is 14.4 Å². The first kappa shape index (κ1) is 70.0. The molecule has 0 aliphatic rings. The van der Waals surface area contributed by atoms with Crippen LogP contribution in [0.3, 0.4) is 0 Å². The Bertz CT molecular complexity index is 6100. The van der Waals surface area contributed by atoms with E-state index < -0.39 is 17.9 Å². The Morgan fingerprint density at radius 3 is 0.936 bits per heavy atom. The fourth-order valence-electron chi connectivity index (χ4n) is 13.7. The lowest BCUT2D eigenvalue weighted by molar-refractivity contribution is -0.130. The number of nitrogens with zero attached hydrogens (tertiary/aromatic N) is 3. The summed E-state index contributed by atoms with van der Waals surface area (Å²) in [5.41, 5.74) is 16.6. The highest BCUT2D eigenvalue weighted by atomic mass is 16.5. The lowest BCUT2D eigenvalue weighted by Crippen LogP contribution is -2.10. The van der Waals surface area contributed by atoms with Crippen LogP contribution >= 0.6 is 0 Å². The Morgan fingerprint density at radius 1 is 0.266 bits per heavy atom. The third-order valence-corrected chi connectivity index (χ3v) is 19.0. The molecule has 0 N–H and O–H groups in total. The van der Waals surface area contributed by atoms with E-state index >= 15 is 0 Å². The van der Waals surface area contributed by atoms with Gasteiger partial charge in [-0.2, -0.15) is 0 Å². The zero-order valence-electron chi connectivity index (χ0n) is 59.9. The molecule has 0 radical (unpaired) electrons. The molecule has 0 atom stereocenters. The number of esters is 3. The first-order valence-corrected chi connectivity index (χ1v) is 35.9. The standard InChI is InChI=1S/C37H25NO2.C32H25NO2.C31H23NO2/c1-2-35(39)40-32-21-15-26(16-22-32)25-13-19-31(20-14-25)38(30-9-4-3-5-10-30)34-24-18-29-12-11-27-7-6-8-28-17-23-33(34)37(29)36(27)28;1-23(2)32(34)35-31-20-15-26(16-21-31)25-12-17-29(18-13-25)33(28-10-4-3-5-11-28)30-19-14-24-8-6-7-9-27(24)22-30;1-2-31(33)34-30-20-15-25(16-21-30)24-12-17-28(18-13-24)32(27-10-4-3-5-11-27)29-19-14-23-8-6-7-9-26(23)22-29/h2-24H,1H2;3-22H,1H2,2H3;2-22H,1H2. The molecule has 524 valence electrons. The van der Waals surface area contributed by atoms with E-state index in [0.717, 1.165) is 96.7 Å². The zero-order valence-corrected chi connectivity index (χ0v) is 59.9. The van der Waals surface area contributed by atoms with Gasteiger partial charge in [-0.3, -0.25) is 0 Å². The molecule has 0 saturated carbocycles. The quantitative estimate of drug-likeness (QED) is 0.0361. The van der Waals surface area contributed by atoms with Crippen LogP contribution in [0.25, 0.3) is 87.2 Å². The van der Waals surface area contributed by atoms with Gasteiger partial charge in [0.2, 0.25) is 0 Å². The minimum Gasteiger partial charge on any atom is -0.423 e. The smallest absolute Gasteiger partial charge is 0.338 e. The minimum atomic E-state index is -0.468. The van der Waals surface area contributed by atoms with E-state index in [-0.39, 0.29) is 0 Å². The van der Waals surface area contributed by atoms with Crippen molar-refractivity contribution in [3.63, 3.8) is 0 Å². The number of carbonyl (C=O) groups excluding carboxylic acids is 3. The van der Waals surface area contributed by atoms with Gasteiger partial charge in [0.1, 0.15) is 17.2 Å². The van der Waals surface area contributed by atoms with Crippen LogP contribution < -0.4 is 28.9 Å². The summed E-state index contributed by atoms with van der Waals surface area (Å²) < 4.78 is 15.7. The van der Waals surface area contributed by atoms with Crippen molar-refractivity contribution in [2.45, 2.75) is 6.92 Å². The third kappa shape index (κ3) is 15.7. The Labute approximate surface area is 633 Å². The number of benzene rings is 17. The van der Waals surface area contributed by atoms with Gasteiger partial charge < -0.3 is 28.9 Å². The van der Waals surface area contributed by atoms with E-state index in [1.165, 1.54) is 53.9 Å². The Morgan fingerprint density at radius 2 is 0.550 bits per heavy atom. The Kier molecular flexibility index (Phi) is 20.6. The maximum atomic E-state index is 11.7. The van der Waals surface area contributed by atoms with Gasteiger partial charge >= 0.3 is 17.9 Å². The molecule has 0 spiro atoms. The van der Waals surface area contributed by atoms with Gasteiger partial charge in [-0.05, 0) is 228 Å². The van der Waals surface area contributed by atoms with E-state index in [1.807, 2.05) is 54.6 Å². The highest BCUT2D eigenvalue weighted by molar-refractivity contribution is 6.26. The SMILES string of the molecule is C=C(C)C(=O)Oc1ccc(-c2ccc(N(c3ccccc3)c3ccc4ccccc4c3)cc2)cc1.C=CC(=O)Oc1ccc(-c2ccc(N(c3ccccc3)c3ccc4ccc5cccc6ccc3c4c56)cc2)cc1.C=CC(=O)Oc1ccc(-c2ccc(N(c3ccccc3)c3ccc4ccccc4c3)cc2)cc1. The molecular formula is C100H73N3O6. The second-order valence-corrected chi connectivity index (χ2v) is 26.2. The predicted octanol–water partition coefficient (Wildman–Crippen LogP) is 26.3. The largest absolute Gasteiger partial charge is 0.423 e. The normalized spacial score (nSPS) is 10.8. The van der Waals surface area contributed by atoms with Crippen LogP contribution in [-0.4, -0.2) is 17.9 Å². The molecule has 0 aliphatic heterocycles. The van der Waals surface area contributed by atoms with Crippen LogP contribution in [0.4, 0.5) is 51.2 Å². The second kappa shape index (κ2) is 32.1. The third-order valence-electron chi connectivity index (χ3n) is 19.0.